The van der Waals surface area contributed by atoms with Crippen molar-refractivity contribution in [3.8, 4) is 11.6 Å². The number of nitro benzene ring substituents is 1. The van der Waals surface area contributed by atoms with Crippen LogP contribution in [0.25, 0.3) is 0 Å². The summed E-state index contributed by atoms with van der Waals surface area (Å²) in [6.45, 7) is 3.37. The molecule has 2 rings (SSSR count). The lowest BCUT2D eigenvalue weighted by atomic mass is 10.2. The van der Waals surface area contributed by atoms with Gasteiger partial charge in [-0.3, -0.25) is 15.5 Å². The smallest absolute Gasteiger partial charge is 0.276 e. The Morgan fingerprint density at radius 2 is 2.10 bits per heavy atom. The van der Waals surface area contributed by atoms with Crippen LogP contribution in [0.2, 0.25) is 0 Å². The van der Waals surface area contributed by atoms with Gasteiger partial charge in [0.1, 0.15) is 5.75 Å². The fraction of sp³-hybridized carbons (Fsp3) is 0.167. The molecule has 8 heteroatoms. The Hall–Kier alpha value is -2.74. The summed E-state index contributed by atoms with van der Waals surface area (Å²) in [5.41, 5.74) is 3.40. The number of benzene rings is 1. The Morgan fingerprint density at radius 1 is 1.35 bits per heavy atom. The molecule has 0 spiro atoms. The largest absolute Gasteiger partial charge is 0.438 e. The second-order valence-corrected chi connectivity index (χ2v) is 4.07. The van der Waals surface area contributed by atoms with E-state index in [4.69, 9.17) is 10.6 Å². The zero-order valence-corrected chi connectivity index (χ0v) is 11.0. The normalized spacial score (nSPS) is 10.2. The molecule has 0 amide bonds. The minimum Gasteiger partial charge on any atom is -0.438 e. The molecule has 1 aromatic heterocycles. The van der Waals surface area contributed by atoms with Gasteiger partial charge in [0, 0.05) is 17.8 Å². The van der Waals surface area contributed by atoms with Crippen molar-refractivity contribution in [2.75, 3.05) is 5.43 Å². The fourth-order valence-corrected chi connectivity index (χ4v) is 1.68. The first-order valence-electron chi connectivity index (χ1n) is 5.75. The molecule has 1 heterocycles. The highest BCUT2D eigenvalue weighted by molar-refractivity contribution is 5.49. The molecule has 0 atom stereocenters. The Balaban J connectivity index is 2.37. The number of aromatic nitrogens is 2. The summed E-state index contributed by atoms with van der Waals surface area (Å²) in [6, 6.07) is 6.21. The lowest BCUT2D eigenvalue weighted by Crippen LogP contribution is -2.11. The summed E-state index contributed by atoms with van der Waals surface area (Å²) < 4.78 is 5.57. The van der Waals surface area contributed by atoms with Gasteiger partial charge in [0.05, 0.1) is 10.5 Å². The molecule has 20 heavy (non-hydrogen) atoms. The average molecular weight is 275 g/mol. The highest BCUT2D eigenvalue weighted by Gasteiger charge is 2.15. The summed E-state index contributed by atoms with van der Waals surface area (Å²) in [6.07, 6.45) is 0. The SMILES string of the molecule is Cc1cc(Oc2cccc([N+](=O)[O-])c2C)nc(NN)n1. The van der Waals surface area contributed by atoms with Crippen LogP contribution in [-0.4, -0.2) is 14.9 Å². The van der Waals surface area contributed by atoms with Gasteiger partial charge in [-0.2, -0.15) is 4.98 Å². The van der Waals surface area contributed by atoms with Crippen molar-refractivity contribution < 1.29 is 9.66 Å². The first kappa shape index (κ1) is 13.7. The number of anilines is 1. The van der Waals surface area contributed by atoms with Crippen molar-refractivity contribution in [2.45, 2.75) is 13.8 Å². The summed E-state index contributed by atoms with van der Waals surface area (Å²) in [5.74, 6) is 6.09. The second kappa shape index (κ2) is 5.49. The van der Waals surface area contributed by atoms with Crippen LogP contribution in [0.1, 0.15) is 11.3 Å². The van der Waals surface area contributed by atoms with Crippen LogP contribution in [0.4, 0.5) is 11.6 Å². The molecule has 104 valence electrons. The van der Waals surface area contributed by atoms with Crippen LogP contribution in [-0.2, 0) is 0 Å². The van der Waals surface area contributed by atoms with E-state index in [1.807, 2.05) is 0 Å². The molecule has 0 radical (unpaired) electrons. The number of nitrogens with one attached hydrogen (secondary N) is 1. The molecule has 0 aliphatic rings. The van der Waals surface area contributed by atoms with Crippen LogP contribution in [0.5, 0.6) is 11.6 Å². The molecule has 0 fully saturated rings. The summed E-state index contributed by atoms with van der Waals surface area (Å²) >= 11 is 0. The first-order valence-corrected chi connectivity index (χ1v) is 5.75. The minimum atomic E-state index is -0.458. The molecule has 1 aromatic carbocycles. The van der Waals surface area contributed by atoms with E-state index in [-0.39, 0.29) is 17.5 Å². The Morgan fingerprint density at radius 3 is 2.75 bits per heavy atom. The maximum absolute atomic E-state index is 10.9. The van der Waals surface area contributed by atoms with Gasteiger partial charge in [-0.15, -0.1) is 0 Å². The lowest BCUT2D eigenvalue weighted by molar-refractivity contribution is -0.385. The van der Waals surface area contributed by atoms with Crippen LogP contribution < -0.4 is 16.0 Å². The maximum Gasteiger partial charge on any atom is 0.276 e. The molecule has 3 N–H and O–H groups in total. The van der Waals surface area contributed by atoms with Crippen molar-refractivity contribution >= 4 is 11.6 Å². The number of rotatable bonds is 4. The topological polar surface area (TPSA) is 116 Å². The Bertz CT molecular complexity index is 660. The minimum absolute atomic E-state index is 0.00884. The van der Waals surface area contributed by atoms with Gasteiger partial charge < -0.3 is 4.74 Å². The van der Waals surface area contributed by atoms with Crippen molar-refractivity contribution in [1.29, 1.82) is 0 Å². The fourth-order valence-electron chi connectivity index (χ4n) is 1.68. The predicted molar refractivity (Wildman–Crippen MR) is 72.5 cm³/mol. The van der Waals surface area contributed by atoms with E-state index in [0.29, 0.717) is 17.0 Å². The number of nitrogens with zero attached hydrogens (tertiary/aromatic N) is 3. The molecular weight excluding hydrogens is 262 g/mol. The van der Waals surface area contributed by atoms with E-state index in [1.54, 1.807) is 32.0 Å². The van der Waals surface area contributed by atoms with E-state index in [2.05, 4.69) is 15.4 Å². The Kier molecular flexibility index (Phi) is 3.76. The quantitative estimate of drug-likeness (QED) is 0.498. The number of nitro groups is 1. The molecule has 0 saturated heterocycles. The van der Waals surface area contributed by atoms with Crippen LogP contribution in [0.15, 0.2) is 24.3 Å². The maximum atomic E-state index is 10.9. The molecule has 0 unspecified atom stereocenters. The van der Waals surface area contributed by atoms with Gasteiger partial charge in [-0.25, -0.2) is 10.8 Å². The number of nitrogens with two attached hydrogens (primary N) is 1. The lowest BCUT2D eigenvalue weighted by Gasteiger charge is -2.09. The van der Waals surface area contributed by atoms with E-state index < -0.39 is 4.92 Å². The zero-order valence-electron chi connectivity index (χ0n) is 11.0. The summed E-state index contributed by atoms with van der Waals surface area (Å²) in [7, 11) is 0. The third-order valence-corrected chi connectivity index (χ3v) is 2.63. The molecular formula is C12H13N5O3. The van der Waals surface area contributed by atoms with Crippen molar-refractivity contribution in [1.82, 2.24) is 9.97 Å². The highest BCUT2D eigenvalue weighted by atomic mass is 16.6. The number of aryl methyl sites for hydroxylation is 1. The van der Waals surface area contributed by atoms with Crippen LogP contribution in [0, 0.1) is 24.0 Å². The van der Waals surface area contributed by atoms with Crippen molar-refractivity contribution in [3.63, 3.8) is 0 Å². The van der Waals surface area contributed by atoms with E-state index in [0.717, 1.165) is 0 Å². The summed E-state index contributed by atoms with van der Waals surface area (Å²) in [5, 5.41) is 10.9. The Labute approximate surface area is 114 Å². The van der Waals surface area contributed by atoms with Gasteiger partial charge in [-0.05, 0) is 19.9 Å². The molecule has 8 nitrogen and oxygen atoms in total. The van der Waals surface area contributed by atoms with E-state index >= 15 is 0 Å². The number of hydrazine groups is 1. The zero-order chi connectivity index (χ0) is 14.7. The third-order valence-electron chi connectivity index (χ3n) is 2.63. The highest BCUT2D eigenvalue weighted by Crippen LogP contribution is 2.30. The molecule has 0 saturated carbocycles. The summed E-state index contributed by atoms with van der Waals surface area (Å²) in [4.78, 5) is 18.5. The second-order valence-electron chi connectivity index (χ2n) is 4.07. The molecule has 0 aliphatic heterocycles. The number of ether oxygens (including phenoxy) is 1. The average Bonchev–Trinajstić information content (AvgIpc) is 2.40. The third kappa shape index (κ3) is 2.81. The number of nitrogen functional groups attached to an aromatic ring is 1. The van der Waals surface area contributed by atoms with E-state index in [9.17, 15) is 10.1 Å². The van der Waals surface area contributed by atoms with Gasteiger partial charge in [0.2, 0.25) is 11.8 Å². The van der Waals surface area contributed by atoms with E-state index in [1.165, 1.54) is 6.07 Å². The van der Waals surface area contributed by atoms with Gasteiger partial charge in [-0.1, -0.05) is 6.07 Å². The van der Waals surface area contributed by atoms with Gasteiger partial charge >= 0.3 is 0 Å². The van der Waals surface area contributed by atoms with Crippen LogP contribution >= 0.6 is 0 Å². The number of hydrogen-bond donors (Lipinski definition) is 2. The number of hydrogen-bond acceptors (Lipinski definition) is 7. The predicted octanol–water partition coefficient (Wildman–Crippen LogP) is 2.08. The standard InChI is InChI=1S/C12H13N5O3/c1-7-6-11(15-12(14-7)16-13)20-10-5-3-4-9(8(10)2)17(18)19/h3-6H,13H2,1-2H3,(H,14,15,16). The van der Waals surface area contributed by atoms with Gasteiger partial charge in [0.25, 0.3) is 5.69 Å². The molecule has 2 aromatic rings. The molecule has 0 aliphatic carbocycles. The van der Waals surface area contributed by atoms with Crippen molar-refractivity contribution in [2.24, 2.45) is 5.84 Å². The molecule has 0 bridgehead atoms. The van der Waals surface area contributed by atoms with Crippen molar-refractivity contribution in [3.05, 3.63) is 45.6 Å². The van der Waals surface area contributed by atoms with Gasteiger partial charge in [0.15, 0.2) is 0 Å². The van der Waals surface area contributed by atoms with Crippen LogP contribution in [0.3, 0.4) is 0 Å². The first-order chi connectivity index (χ1) is 9.51. The monoisotopic (exact) mass is 275 g/mol.